The highest BCUT2D eigenvalue weighted by atomic mass is 35.5. The molecule has 0 aromatic heterocycles. The van der Waals surface area contributed by atoms with E-state index in [4.69, 9.17) is 4.74 Å². The lowest BCUT2D eigenvalue weighted by Gasteiger charge is -2.15. The summed E-state index contributed by atoms with van der Waals surface area (Å²) in [5, 5.41) is 5.58. The standard InChI is InChI=1S/C13H20N2O2.ClH/c1-10-4-6-12(7-5-10)17-11(2)8-15-13(16)9-14-3;/h4-7,11,14H,8-9H2,1-3H3,(H,15,16);1H. The number of hydrogen-bond donors (Lipinski definition) is 2. The third-order valence-corrected chi connectivity index (χ3v) is 2.28. The van der Waals surface area contributed by atoms with E-state index < -0.39 is 0 Å². The quantitative estimate of drug-likeness (QED) is 0.826. The number of aryl methyl sites for hydroxylation is 1. The first-order valence-electron chi connectivity index (χ1n) is 5.76. The van der Waals surface area contributed by atoms with Gasteiger partial charge in [0.15, 0.2) is 0 Å². The first kappa shape index (κ1) is 16.7. The molecular weight excluding hydrogens is 252 g/mol. The largest absolute Gasteiger partial charge is 0.489 e. The zero-order valence-electron chi connectivity index (χ0n) is 11.0. The van der Waals surface area contributed by atoms with E-state index in [1.54, 1.807) is 7.05 Å². The molecule has 1 rings (SSSR count). The van der Waals surface area contributed by atoms with Crippen LogP contribution in [0.1, 0.15) is 12.5 Å². The molecular formula is C13H21ClN2O2. The van der Waals surface area contributed by atoms with E-state index in [9.17, 15) is 4.79 Å². The zero-order valence-corrected chi connectivity index (χ0v) is 11.8. The molecule has 0 fully saturated rings. The molecule has 1 aromatic carbocycles. The third-order valence-electron chi connectivity index (χ3n) is 2.28. The van der Waals surface area contributed by atoms with Gasteiger partial charge >= 0.3 is 0 Å². The molecule has 1 amide bonds. The van der Waals surface area contributed by atoms with Crippen LogP contribution < -0.4 is 15.4 Å². The first-order valence-corrected chi connectivity index (χ1v) is 5.76. The second-order valence-electron chi connectivity index (χ2n) is 4.08. The number of carbonyl (C=O) groups is 1. The van der Waals surface area contributed by atoms with Crippen molar-refractivity contribution in [2.75, 3.05) is 20.1 Å². The van der Waals surface area contributed by atoms with Crippen molar-refractivity contribution in [1.29, 1.82) is 0 Å². The van der Waals surface area contributed by atoms with Gasteiger partial charge in [0.05, 0.1) is 13.1 Å². The number of benzene rings is 1. The van der Waals surface area contributed by atoms with E-state index in [2.05, 4.69) is 10.6 Å². The summed E-state index contributed by atoms with van der Waals surface area (Å²) in [4.78, 5) is 11.2. The van der Waals surface area contributed by atoms with Gasteiger partial charge in [-0.1, -0.05) is 17.7 Å². The van der Waals surface area contributed by atoms with Crippen LogP contribution in [0.2, 0.25) is 0 Å². The molecule has 102 valence electrons. The minimum atomic E-state index is -0.0430. The smallest absolute Gasteiger partial charge is 0.234 e. The number of ether oxygens (including phenoxy) is 1. The Balaban J connectivity index is 0.00000289. The Morgan fingerprint density at radius 3 is 2.50 bits per heavy atom. The number of hydrogen-bond acceptors (Lipinski definition) is 3. The Kier molecular flexibility index (Phi) is 8.16. The molecule has 0 aliphatic rings. The predicted molar refractivity (Wildman–Crippen MR) is 75.5 cm³/mol. The van der Waals surface area contributed by atoms with E-state index in [0.29, 0.717) is 13.1 Å². The lowest BCUT2D eigenvalue weighted by molar-refractivity contribution is -0.120. The van der Waals surface area contributed by atoms with Crippen LogP contribution in [0, 0.1) is 6.92 Å². The van der Waals surface area contributed by atoms with Crippen LogP contribution in [0.3, 0.4) is 0 Å². The molecule has 2 N–H and O–H groups in total. The molecule has 0 heterocycles. The highest BCUT2D eigenvalue weighted by Gasteiger charge is 2.06. The molecule has 0 spiro atoms. The Labute approximate surface area is 115 Å². The zero-order chi connectivity index (χ0) is 12.7. The van der Waals surface area contributed by atoms with Gasteiger partial charge < -0.3 is 15.4 Å². The Hall–Kier alpha value is -1.26. The topological polar surface area (TPSA) is 50.4 Å². The molecule has 1 aromatic rings. The maximum absolute atomic E-state index is 11.2. The molecule has 0 radical (unpaired) electrons. The minimum absolute atomic E-state index is 0. The number of likely N-dealkylation sites (N-methyl/N-ethyl adjacent to an activating group) is 1. The summed E-state index contributed by atoms with van der Waals surface area (Å²) in [6, 6.07) is 7.87. The predicted octanol–water partition coefficient (Wildman–Crippen LogP) is 1.52. The van der Waals surface area contributed by atoms with Gasteiger partial charge in [0.1, 0.15) is 11.9 Å². The van der Waals surface area contributed by atoms with E-state index in [-0.39, 0.29) is 24.4 Å². The second-order valence-corrected chi connectivity index (χ2v) is 4.08. The summed E-state index contributed by atoms with van der Waals surface area (Å²) >= 11 is 0. The lowest BCUT2D eigenvalue weighted by Crippen LogP contribution is -2.38. The van der Waals surface area contributed by atoms with Crippen molar-refractivity contribution in [1.82, 2.24) is 10.6 Å². The van der Waals surface area contributed by atoms with Gasteiger partial charge in [0.25, 0.3) is 0 Å². The van der Waals surface area contributed by atoms with Crippen LogP contribution in [-0.4, -0.2) is 32.1 Å². The second kappa shape index (κ2) is 8.78. The fourth-order valence-corrected chi connectivity index (χ4v) is 1.37. The van der Waals surface area contributed by atoms with Gasteiger partial charge in [-0.05, 0) is 33.0 Å². The monoisotopic (exact) mass is 272 g/mol. The van der Waals surface area contributed by atoms with Crippen molar-refractivity contribution in [2.24, 2.45) is 0 Å². The average molecular weight is 273 g/mol. The lowest BCUT2D eigenvalue weighted by atomic mass is 10.2. The van der Waals surface area contributed by atoms with Crippen LogP contribution in [-0.2, 0) is 4.79 Å². The Morgan fingerprint density at radius 1 is 1.33 bits per heavy atom. The fraction of sp³-hybridized carbons (Fsp3) is 0.462. The van der Waals surface area contributed by atoms with E-state index in [0.717, 1.165) is 5.75 Å². The molecule has 0 saturated heterocycles. The Bertz CT molecular complexity index is 355. The molecule has 18 heavy (non-hydrogen) atoms. The van der Waals surface area contributed by atoms with Crippen molar-refractivity contribution >= 4 is 18.3 Å². The molecule has 0 bridgehead atoms. The normalized spacial score (nSPS) is 11.3. The summed E-state index contributed by atoms with van der Waals surface area (Å²) in [7, 11) is 1.74. The SMILES string of the molecule is CNCC(=O)NCC(C)Oc1ccc(C)cc1.Cl. The Morgan fingerprint density at radius 2 is 1.94 bits per heavy atom. The molecule has 1 atom stereocenters. The van der Waals surface area contributed by atoms with Crippen LogP contribution in [0.4, 0.5) is 0 Å². The molecule has 0 aliphatic heterocycles. The van der Waals surface area contributed by atoms with Crippen molar-refractivity contribution in [3.8, 4) is 5.75 Å². The fourth-order valence-electron chi connectivity index (χ4n) is 1.37. The van der Waals surface area contributed by atoms with Crippen LogP contribution >= 0.6 is 12.4 Å². The maximum atomic E-state index is 11.2. The summed E-state index contributed by atoms with van der Waals surface area (Å²) in [6.07, 6.45) is -0.0430. The number of carbonyl (C=O) groups excluding carboxylic acids is 1. The van der Waals surface area contributed by atoms with E-state index in [1.165, 1.54) is 5.56 Å². The van der Waals surface area contributed by atoms with Crippen molar-refractivity contribution in [2.45, 2.75) is 20.0 Å². The number of amides is 1. The minimum Gasteiger partial charge on any atom is -0.489 e. The van der Waals surface area contributed by atoms with Crippen LogP contribution in [0.25, 0.3) is 0 Å². The number of rotatable bonds is 6. The van der Waals surface area contributed by atoms with Crippen LogP contribution in [0.15, 0.2) is 24.3 Å². The summed E-state index contributed by atoms with van der Waals surface area (Å²) in [6.45, 7) is 4.80. The molecule has 5 heteroatoms. The van der Waals surface area contributed by atoms with E-state index in [1.807, 2.05) is 38.1 Å². The van der Waals surface area contributed by atoms with Gasteiger partial charge in [0.2, 0.25) is 5.91 Å². The summed E-state index contributed by atoms with van der Waals surface area (Å²) in [5.74, 6) is 0.804. The third kappa shape index (κ3) is 6.47. The highest BCUT2D eigenvalue weighted by molar-refractivity contribution is 5.85. The van der Waals surface area contributed by atoms with Gasteiger partial charge in [-0.25, -0.2) is 0 Å². The van der Waals surface area contributed by atoms with Gasteiger partial charge in [-0.15, -0.1) is 12.4 Å². The molecule has 0 aliphatic carbocycles. The average Bonchev–Trinajstić information content (AvgIpc) is 2.30. The first-order chi connectivity index (χ1) is 8.11. The summed E-state index contributed by atoms with van der Waals surface area (Å²) in [5.41, 5.74) is 1.20. The van der Waals surface area contributed by atoms with Crippen molar-refractivity contribution in [3.63, 3.8) is 0 Å². The van der Waals surface area contributed by atoms with Gasteiger partial charge in [-0.3, -0.25) is 4.79 Å². The molecule has 0 saturated carbocycles. The van der Waals surface area contributed by atoms with Crippen molar-refractivity contribution in [3.05, 3.63) is 29.8 Å². The number of halogens is 1. The summed E-state index contributed by atoms with van der Waals surface area (Å²) < 4.78 is 5.66. The van der Waals surface area contributed by atoms with Gasteiger partial charge in [0, 0.05) is 0 Å². The molecule has 4 nitrogen and oxygen atoms in total. The maximum Gasteiger partial charge on any atom is 0.234 e. The van der Waals surface area contributed by atoms with Crippen molar-refractivity contribution < 1.29 is 9.53 Å². The van der Waals surface area contributed by atoms with Gasteiger partial charge in [-0.2, -0.15) is 0 Å². The number of nitrogens with one attached hydrogen (secondary N) is 2. The highest BCUT2D eigenvalue weighted by Crippen LogP contribution is 2.12. The molecule has 1 unspecified atom stereocenters. The van der Waals surface area contributed by atoms with Crippen LogP contribution in [0.5, 0.6) is 5.75 Å². The van der Waals surface area contributed by atoms with E-state index >= 15 is 0 Å².